The van der Waals surface area contributed by atoms with Crippen LogP contribution in [0.4, 0.5) is 4.39 Å². The highest BCUT2D eigenvalue weighted by Gasteiger charge is 2.08. The Morgan fingerprint density at radius 1 is 1.39 bits per heavy atom. The van der Waals surface area contributed by atoms with Gasteiger partial charge in [-0.1, -0.05) is 19.0 Å². The monoisotopic (exact) mass is 249 g/mol. The number of hydrogen-bond donors (Lipinski definition) is 1. The lowest BCUT2D eigenvalue weighted by atomic mass is 10.2. The molecule has 2 heterocycles. The van der Waals surface area contributed by atoms with Crippen molar-refractivity contribution in [1.82, 2.24) is 15.5 Å². The Balaban J connectivity index is 1.99. The van der Waals surface area contributed by atoms with E-state index < -0.39 is 0 Å². The van der Waals surface area contributed by atoms with Gasteiger partial charge in [-0.3, -0.25) is 0 Å². The van der Waals surface area contributed by atoms with Gasteiger partial charge in [0.1, 0.15) is 11.5 Å². The van der Waals surface area contributed by atoms with Crippen LogP contribution in [0.25, 0.3) is 11.5 Å². The molecule has 0 unspecified atom stereocenters. The first-order chi connectivity index (χ1) is 8.65. The first-order valence-electron chi connectivity index (χ1n) is 5.93. The van der Waals surface area contributed by atoms with Gasteiger partial charge in [0, 0.05) is 12.6 Å². The fourth-order valence-corrected chi connectivity index (χ4v) is 1.53. The van der Waals surface area contributed by atoms with Crippen molar-refractivity contribution in [3.05, 3.63) is 35.9 Å². The molecule has 0 saturated heterocycles. The maximum atomic E-state index is 12.7. The van der Waals surface area contributed by atoms with Gasteiger partial charge in [-0.2, -0.15) is 0 Å². The molecule has 1 N–H and O–H groups in total. The van der Waals surface area contributed by atoms with Crippen LogP contribution < -0.4 is 5.32 Å². The quantitative estimate of drug-likeness (QED) is 0.885. The number of rotatable bonds is 5. The molecule has 0 aliphatic heterocycles. The van der Waals surface area contributed by atoms with Gasteiger partial charge in [0.05, 0.1) is 11.9 Å². The molecule has 96 valence electrons. The van der Waals surface area contributed by atoms with Gasteiger partial charge in [0.15, 0.2) is 5.76 Å². The predicted molar refractivity (Wildman–Crippen MR) is 66.2 cm³/mol. The summed E-state index contributed by atoms with van der Waals surface area (Å²) in [7, 11) is 0. The van der Waals surface area contributed by atoms with Crippen molar-refractivity contribution < 1.29 is 8.91 Å². The predicted octanol–water partition coefficient (Wildman–Crippen LogP) is 2.62. The van der Waals surface area contributed by atoms with Crippen molar-refractivity contribution in [3.8, 4) is 11.5 Å². The maximum Gasteiger partial charge on any atom is 0.185 e. The lowest BCUT2D eigenvalue weighted by molar-refractivity contribution is 0.417. The van der Waals surface area contributed by atoms with Crippen molar-refractivity contribution in [3.63, 3.8) is 0 Å². The molecular weight excluding hydrogens is 233 g/mol. The number of halogens is 1. The van der Waals surface area contributed by atoms with Gasteiger partial charge in [-0.25, -0.2) is 9.37 Å². The Hall–Kier alpha value is -1.75. The summed E-state index contributed by atoms with van der Waals surface area (Å²) in [6, 6.07) is 4.73. The summed E-state index contributed by atoms with van der Waals surface area (Å²) in [6.45, 7) is 5.87. The number of nitrogens with zero attached hydrogens (tertiary/aromatic N) is 2. The van der Waals surface area contributed by atoms with E-state index in [1.165, 1.54) is 6.07 Å². The van der Waals surface area contributed by atoms with Gasteiger partial charge in [-0.15, -0.1) is 0 Å². The van der Waals surface area contributed by atoms with Crippen LogP contribution >= 0.6 is 0 Å². The number of aromatic nitrogens is 2. The van der Waals surface area contributed by atoms with E-state index in [2.05, 4.69) is 29.3 Å². The standard InChI is InChI=1S/C13H16FN3O/c1-9(2)6-15-8-11-5-13(18-17-11)12-4-3-10(14)7-16-12/h3-5,7,9,15H,6,8H2,1-2H3. The summed E-state index contributed by atoms with van der Waals surface area (Å²) in [5.41, 5.74) is 1.40. The SMILES string of the molecule is CC(C)CNCc1cc(-c2ccc(F)cn2)on1. The largest absolute Gasteiger partial charge is 0.354 e. The Kier molecular flexibility index (Phi) is 4.04. The Morgan fingerprint density at radius 2 is 2.22 bits per heavy atom. The highest BCUT2D eigenvalue weighted by molar-refractivity contribution is 5.51. The molecule has 0 amide bonds. The molecule has 0 fully saturated rings. The fourth-order valence-electron chi connectivity index (χ4n) is 1.53. The Morgan fingerprint density at radius 3 is 2.89 bits per heavy atom. The average Bonchev–Trinajstić information content (AvgIpc) is 2.78. The molecule has 0 atom stereocenters. The van der Waals surface area contributed by atoms with Crippen molar-refractivity contribution in [2.45, 2.75) is 20.4 Å². The smallest absolute Gasteiger partial charge is 0.185 e. The molecule has 0 aromatic carbocycles. The molecule has 0 radical (unpaired) electrons. The molecular formula is C13H16FN3O. The highest BCUT2D eigenvalue weighted by atomic mass is 19.1. The third kappa shape index (κ3) is 3.37. The second-order valence-electron chi connectivity index (χ2n) is 4.57. The summed E-state index contributed by atoms with van der Waals surface area (Å²) in [5.74, 6) is 0.781. The molecule has 4 nitrogen and oxygen atoms in total. The average molecular weight is 249 g/mol. The first-order valence-corrected chi connectivity index (χ1v) is 5.93. The Labute approximate surface area is 105 Å². The normalized spacial score (nSPS) is 11.1. The van der Waals surface area contributed by atoms with E-state index in [0.29, 0.717) is 23.9 Å². The molecule has 2 rings (SSSR count). The zero-order valence-electron chi connectivity index (χ0n) is 10.5. The highest BCUT2D eigenvalue weighted by Crippen LogP contribution is 2.17. The molecule has 0 saturated carbocycles. The first kappa shape index (κ1) is 12.7. The molecule has 0 bridgehead atoms. The van der Waals surface area contributed by atoms with Crippen molar-refractivity contribution in [2.24, 2.45) is 5.92 Å². The molecule has 2 aromatic heterocycles. The van der Waals surface area contributed by atoms with Crippen LogP contribution in [0.5, 0.6) is 0 Å². The second kappa shape index (κ2) is 5.73. The topological polar surface area (TPSA) is 51.0 Å². The summed E-state index contributed by atoms with van der Waals surface area (Å²) in [6.07, 6.45) is 1.16. The minimum absolute atomic E-state index is 0.364. The fraction of sp³-hybridized carbons (Fsp3) is 0.385. The number of pyridine rings is 1. The van der Waals surface area contributed by atoms with Crippen LogP contribution in [0.15, 0.2) is 28.9 Å². The minimum atomic E-state index is -0.364. The maximum absolute atomic E-state index is 12.7. The van der Waals surface area contributed by atoms with E-state index in [4.69, 9.17) is 4.52 Å². The van der Waals surface area contributed by atoms with Gasteiger partial charge in [-0.05, 0) is 24.6 Å². The van der Waals surface area contributed by atoms with Gasteiger partial charge < -0.3 is 9.84 Å². The van der Waals surface area contributed by atoms with Crippen LogP contribution in [-0.4, -0.2) is 16.7 Å². The third-order valence-electron chi connectivity index (χ3n) is 2.40. The van der Waals surface area contributed by atoms with E-state index in [9.17, 15) is 4.39 Å². The van der Waals surface area contributed by atoms with Gasteiger partial charge >= 0.3 is 0 Å². The van der Waals surface area contributed by atoms with Gasteiger partial charge in [0.25, 0.3) is 0 Å². The van der Waals surface area contributed by atoms with Crippen LogP contribution in [0.1, 0.15) is 19.5 Å². The molecule has 0 aliphatic carbocycles. The van der Waals surface area contributed by atoms with E-state index >= 15 is 0 Å². The lowest BCUT2D eigenvalue weighted by Gasteiger charge is -2.03. The third-order valence-corrected chi connectivity index (χ3v) is 2.40. The van der Waals surface area contributed by atoms with Crippen LogP contribution in [0, 0.1) is 11.7 Å². The van der Waals surface area contributed by atoms with Crippen molar-refractivity contribution in [2.75, 3.05) is 6.54 Å². The molecule has 2 aromatic rings. The lowest BCUT2D eigenvalue weighted by Crippen LogP contribution is -2.18. The molecule has 0 spiro atoms. The molecule has 5 heteroatoms. The van der Waals surface area contributed by atoms with E-state index in [1.807, 2.05) is 6.07 Å². The number of nitrogens with one attached hydrogen (secondary N) is 1. The zero-order chi connectivity index (χ0) is 13.0. The summed E-state index contributed by atoms with van der Waals surface area (Å²) in [4.78, 5) is 3.94. The van der Waals surface area contributed by atoms with Crippen LogP contribution in [0.2, 0.25) is 0 Å². The summed E-state index contributed by atoms with van der Waals surface area (Å²) < 4.78 is 17.9. The van der Waals surface area contributed by atoms with Crippen molar-refractivity contribution >= 4 is 0 Å². The summed E-state index contributed by atoms with van der Waals surface area (Å²) >= 11 is 0. The van der Waals surface area contributed by atoms with E-state index in [0.717, 1.165) is 18.4 Å². The van der Waals surface area contributed by atoms with Crippen LogP contribution in [0.3, 0.4) is 0 Å². The van der Waals surface area contributed by atoms with Gasteiger partial charge in [0.2, 0.25) is 0 Å². The van der Waals surface area contributed by atoms with Crippen LogP contribution in [-0.2, 0) is 6.54 Å². The molecule has 18 heavy (non-hydrogen) atoms. The number of hydrogen-bond acceptors (Lipinski definition) is 4. The zero-order valence-corrected chi connectivity index (χ0v) is 10.5. The second-order valence-corrected chi connectivity index (χ2v) is 4.57. The van der Waals surface area contributed by atoms with E-state index in [1.54, 1.807) is 6.07 Å². The van der Waals surface area contributed by atoms with E-state index in [-0.39, 0.29) is 5.82 Å². The Bertz CT molecular complexity index is 493. The molecule has 0 aliphatic rings. The van der Waals surface area contributed by atoms with Crippen molar-refractivity contribution in [1.29, 1.82) is 0 Å². The minimum Gasteiger partial charge on any atom is -0.354 e. The summed E-state index contributed by atoms with van der Waals surface area (Å²) in [5, 5.41) is 7.21.